The van der Waals surface area contributed by atoms with Gasteiger partial charge < -0.3 is 5.73 Å². The number of hydrogen-bond acceptors (Lipinski definition) is 2. The van der Waals surface area contributed by atoms with Crippen LogP contribution in [0.5, 0.6) is 0 Å². The average Bonchev–Trinajstić information content (AvgIpc) is 2.64. The van der Waals surface area contributed by atoms with Crippen LogP contribution >= 0.6 is 0 Å². The lowest BCUT2D eigenvalue weighted by atomic mass is 10.0. The third-order valence-electron chi connectivity index (χ3n) is 2.31. The van der Waals surface area contributed by atoms with Crippen LogP contribution in [0, 0.1) is 6.92 Å². The van der Waals surface area contributed by atoms with Crippen molar-refractivity contribution in [2.45, 2.75) is 6.92 Å². The van der Waals surface area contributed by atoms with E-state index in [9.17, 15) is 4.79 Å². The summed E-state index contributed by atoms with van der Waals surface area (Å²) in [6.07, 6.45) is 1.69. The number of nitrogens with zero attached hydrogens (tertiary/aromatic N) is 1. The predicted octanol–water partition coefficient (Wildman–Crippen LogP) is 1.48. The molecule has 15 heavy (non-hydrogen) atoms. The van der Waals surface area contributed by atoms with Gasteiger partial charge >= 0.3 is 0 Å². The summed E-state index contributed by atoms with van der Waals surface area (Å²) in [4.78, 5) is 11.2. The van der Waals surface area contributed by atoms with E-state index in [1.165, 1.54) is 0 Å². The molecule has 0 bridgehead atoms. The zero-order valence-corrected chi connectivity index (χ0v) is 8.32. The summed E-state index contributed by atoms with van der Waals surface area (Å²) in [6, 6.07) is 7.23. The van der Waals surface area contributed by atoms with Crippen LogP contribution < -0.4 is 5.73 Å². The second kappa shape index (κ2) is 3.57. The lowest BCUT2D eigenvalue weighted by Crippen LogP contribution is -2.12. The Hall–Kier alpha value is -2.10. The summed E-state index contributed by atoms with van der Waals surface area (Å²) in [5.41, 5.74) is 8.46. The average molecular weight is 201 g/mol. The van der Waals surface area contributed by atoms with Gasteiger partial charge in [0.05, 0.1) is 6.20 Å². The molecule has 1 amide bonds. The molecule has 0 unspecified atom stereocenters. The van der Waals surface area contributed by atoms with Gasteiger partial charge in [-0.2, -0.15) is 5.10 Å². The van der Waals surface area contributed by atoms with Crippen molar-refractivity contribution in [2.75, 3.05) is 0 Å². The number of carbonyl (C=O) groups excluding carboxylic acids is 1. The van der Waals surface area contributed by atoms with Crippen LogP contribution in [0.4, 0.5) is 0 Å². The second-order valence-corrected chi connectivity index (χ2v) is 3.32. The molecule has 0 aliphatic rings. The van der Waals surface area contributed by atoms with Crippen molar-refractivity contribution >= 4 is 5.91 Å². The quantitative estimate of drug-likeness (QED) is 0.772. The number of benzene rings is 1. The molecule has 0 saturated heterocycles. The first kappa shape index (κ1) is 9.45. The molecule has 0 radical (unpaired) electrons. The van der Waals surface area contributed by atoms with Crippen LogP contribution in [0.3, 0.4) is 0 Å². The van der Waals surface area contributed by atoms with Gasteiger partial charge in [0, 0.05) is 16.8 Å². The number of nitrogens with two attached hydrogens (primary N) is 1. The Labute approximate surface area is 87.1 Å². The number of aromatic amines is 1. The van der Waals surface area contributed by atoms with Crippen LogP contribution in [-0.4, -0.2) is 16.1 Å². The van der Waals surface area contributed by atoms with Gasteiger partial charge in [-0.1, -0.05) is 18.2 Å². The van der Waals surface area contributed by atoms with E-state index < -0.39 is 5.91 Å². The molecule has 4 nitrogen and oxygen atoms in total. The number of amides is 1. The van der Waals surface area contributed by atoms with Crippen LogP contribution in [0.1, 0.15) is 16.1 Å². The van der Waals surface area contributed by atoms with Crippen molar-refractivity contribution in [3.63, 3.8) is 0 Å². The third kappa shape index (κ3) is 1.61. The Morgan fingerprint density at radius 3 is 2.67 bits per heavy atom. The summed E-state index contributed by atoms with van der Waals surface area (Å²) in [5.74, 6) is -0.425. The molecule has 0 aliphatic carbocycles. The molecule has 1 aromatic carbocycles. The topological polar surface area (TPSA) is 71.8 Å². The van der Waals surface area contributed by atoms with Crippen molar-refractivity contribution < 1.29 is 4.79 Å². The van der Waals surface area contributed by atoms with E-state index in [1.807, 2.05) is 19.1 Å². The number of aromatic nitrogens is 2. The summed E-state index contributed by atoms with van der Waals surface area (Å²) in [5, 5.41) is 6.75. The molecule has 76 valence electrons. The van der Waals surface area contributed by atoms with Gasteiger partial charge in [0.15, 0.2) is 0 Å². The molecule has 4 heteroatoms. The number of hydrogen-bond donors (Lipinski definition) is 2. The van der Waals surface area contributed by atoms with Gasteiger partial charge in [-0.3, -0.25) is 9.89 Å². The van der Waals surface area contributed by atoms with Gasteiger partial charge in [0.2, 0.25) is 5.91 Å². The van der Waals surface area contributed by atoms with Crippen molar-refractivity contribution in [1.29, 1.82) is 0 Å². The van der Waals surface area contributed by atoms with E-state index >= 15 is 0 Å². The Morgan fingerprint density at radius 1 is 1.33 bits per heavy atom. The summed E-state index contributed by atoms with van der Waals surface area (Å²) >= 11 is 0. The van der Waals surface area contributed by atoms with Crippen LogP contribution in [0.25, 0.3) is 11.1 Å². The highest BCUT2D eigenvalue weighted by Crippen LogP contribution is 2.24. The lowest BCUT2D eigenvalue weighted by molar-refractivity contribution is 0.100. The minimum atomic E-state index is -0.425. The molecule has 1 aromatic heterocycles. The van der Waals surface area contributed by atoms with Crippen molar-refractivity contribution in [3.05, 3.63) is 41.7 Å². The Kier molecular flexibility index (Phi) is 2.25. The zero-order valence-electron chi connectivity index (χ0n) is 8.32. The van der Waals surface area contributed by atoms with E-state index in [1.54, 1.807) is 18.3 Å². The van der Waals surface area contributed by atoms with Crippen molar-refractivity contribution in [1.82, 2.24) is 10.2 Å². The van der Waals surface area contributed by atoms with Crippen LogP contribution in [0.2, 0.25) is 0 Å². The first-order valence-electron chi connectivity index (χ1n) is 4.59. The SMILES string of the molecule is Cc1[nH]ncc1-c1ccccc1C(N)=O. The highest BCUT2D eigenvalue weighted by molar-refractivity contribution is 5.99. The molecule has 0 spiro atoms. The number of aryl methyl sites for hydroxylation is 1. The van der Waals surface area contributed by atoms with Gasteiger partial charge in [0.25, 0.3) is 0 Å². The fourth-order valence-corrected chi connectivity index (χ4v) is 1.56. The smallest absolute Gasteiger partial charge is 0.249 e. The largest absolute Gasteiger partial charge is 0.366 e. The molecule has 2 aromatic rings. The number of rotatable bonds is 2. The Balaban J connectivity index is 2.63. The Bertz CT molecular complexity index is 502. The molecule has 2 rings (SSSR count). The van der Waals surface area contributed by atoms with Crippen molar-refractivity contribution in [2.24, 2.45) is 5.73 Å². The van der Waals surface area contributed by atoms with Gasteiger partial charge in [-0.25, -0.2) is 0 Å². The molecule has 0 aliphatic heterocycles. The van der Waals surface area contributed by atoms with Crippen molar-refractivity contribution in [3.8, 4) is 11.1 Å². The number of H-pyrrole nitrogens is 1. The van der Waals surface area contributed by atoms with E-state index in [-0.39, 0.29) is 0 Å². The van der Waals surface area contributed by atoms with Crippen LogP contribution in [-0.2, 0) is 0 Å². The molecular weight excluding hydrogens is 190 g/mol. The number of nitrogens with one attached hydrogen (secondary N) is 1. The molecule has 0 fully saturated rings. The van der Waals surface area contributed by atoms with Crippen LogP contribution in [0.15, 0.2) is 30.5 Å². The molecule has 0 atom stereocenters. The van der Waals surface area contributed by atoms with Gasteiger partial charge in [-0.15, -0.1) is 0 Å². The maximum absolute atomic E-state index is 11.2. The third-order valence-corrected chi connectivity index (χ3v) is 2.31. The lowest BCUT2D eigenvalue weighted by Gasteiger charge is -2.04. The summed E-state index contributed by atoms with van der Waals surface area (Å²) in [6.45, 7) is 1.90. The van der Waals surface area contributed by atoms with E-state index in [0.717, 1.165) is 16.8 Å². The molecule has 0 saturated carbocycles. The maximum atomic E-state index is 11.2. The zero-order chi connectivity index (χ0) is 10.8. The molecular formula is C11H11N3O. The minimum absolute atomic E-state index is 0.425. The number of carbonyl (C=O) groups is 1. The monoisotopic (exact) mass is 201 g/mol. The normalized spacial score (nSPS) is 10.2. The molecule has 1 heterocycles. The number of primary amides is 1. The van der Waals surface area contributed by atoms with E-state index in [2.05, 4.69) is 10.2 Å². The van der Waals surface area contributed by atoms with E-state index in [0.29, 0.717) is 5.56 Å². The summed E-state index contributed by atoms with van der Waals surface area (Å²) in [7, 11) is 0. The van der Waals surface area contributed by atoms with Gasteiger partial charge in [-0.05, 0) is 18.6 Å². The summed E-state index contributed by atoms with van der Waals surface area (Å²) < 4.78 is 0. The predicted molar refractivity (Wildman–Crippen MR) is 57.3 cm³/mol. The van der Waals surface area contributed by atoms with Gasteiger partial charge in [0.1, 0.15) is 0 Å². The Morgan fingerprint density at radius 2 is 2.07 bits per heavy atom. The fraction of sp³-hybridized carbons (Fsp3) is 0.0909. The highest BCUT2D eigenvalue weighted by atomic mass is 16.1. The van der Waals surface area contributed by atoms with E-state index in [4.69, 9.17) is 5.73 Å². The first-order valence-corrected chi connectivity index (χ1v) is 4.59. The molecule has 3 N–H and O–H groups in total. The minimum Gasteiger partial charge on any atom is -0.366 e. The first-order chi connectivity index (χ1) is 7.20. The maximum Gasteiger partial charge on any atom is 0.249 e. The fourth-order valence-electron chi connectivity index (χ4n) is 1.56. The second-order valence-electron chi connectivity index (χ2n) is 3.32. The highest BCUT2D eigenvalue weighted by Gasteiger charge is 2.11. The standard InChI is InChI=1S/C11H11N3O/c1-7-10(6-13-14-7)8-4-2-3-5-9(8)11(12)15/h2-6H,1H3,(H2,12,15)(H,13,14).